The first-order chi connectivity index (χ1) is 14.8. The number of furan rings is 1. The summed E-state index contributed by atoms with van der Waals surface area (Å²) in [4.78, 5) is 25.4. The fraction of sp³-hybridized carbons (Fsp3) is 0.333. The van der Waals surface area contributed by atoms with E-state index in [-0.39, 0.29) is 23.7 Å². The normalized spacial score (nSPS) is 11.1. The van der Waals surface area contributed by atoms with Crippen LogP contribution in [-0.2, 0) is 11.2 Å². The average molecular weight is 552 g/mol. The highest BCUT2D eigenvalue weighted by Crippen LogP contribution is 2.38. The second-order valence-corrected chi connectivity index (χ2v) is 9.22. The summed E-state index contributed by atoms with van der Waals surface area (Å²) < 4.78 is 12.9. The van der Waals surface area contributed by atoms with Crippen LogP contribution >= 0.6 is 31.9 Å². The number of esters is 1. The molecule has 3 aromatic rings. The summed E-state index contributed by atoms with van der Waals surface area (Å²) in [6.45, 7) is 4.05. The molecule has 1 aromatic heterocycles. The van der Waals surface area contributed by atoms with E-state index >= 15 is 0 Å². The number of hydrogen-bond acceptors (Lipinski definition) is 5. The minimum absolute atomic E-state index is 0.0357. The molecule has 0 saturated carbocycles. The molecule has 0 bridgehead atoms. The number of halogens is 2. The van der Waals surface area contributed by atoms with E-state index in [0.29, 0.717) is 40.7 Å². The molecular formula is C24H24Br2O5. The zero-order chi connectivity index (χ0) is 22.5. The molecule has 164 valence electrons. The topological polar surface area (TPSA) is 76.7 Å². The van der Waals surface area contributed by atoms with Crippen LogP contribution in [0.15, 0.2) is 43.7 Å². The van der Waals surface area contributed by atoms with Crippen molar-refractivity contribution in [1.29, 1.82) is 0 Å². The maximum absolute atomic E-state index is 13.4. The lowest BCUT2D eigenvalue weighted by molar-refractivity contribution is -0.134. The highest BCUT2D eigenvalue weighted by Gasteiger charge is 2.24. The molecular weight excluding hydrogens is 528 g/mol. The predicted molar refractivity (Wildman–Crippen MR) is 127 cm³/mol. The van der Waals surface area contributed by atoms with Gasteiger partial charge in [0, 0.05) is 38.8 Å². The fourth-order valence-electron chi connectivity index (χ4n) is 3.33. The van der Waals surface area contributed by atoms with Gasteiger partial charge in [-0.1, -0.05) is 58.5 Å². The van der Waals surface area contributed by atoms with Crippen LogP contribution < -0.4 is 4.74 Å². The Morgan fingerprint density at radius 3 is 2.32 bits per heavy atom. The number of aryl methyl sites for hydroxylation is 1. The molecule has 0 aliphatic rings. The molecule has 0 radical (unpaired) electrons. The monoisotopic (exact) mass is 550 g/mol. The third kappa shape index (κ3) is 5.57. The van der Waals surface area contributed by atoms with Crippen LogP contribution in [0.4, 0.5) is 0 Å². The summed E-state index contributed by atoms with van der Waals surface area (Å²) in [5.41, 5.74) is 1.32. The third-order valence-corrected chi connectivity index (χ3v) is 5.83. The van der Waals surface area contributed by atoms with Crippen molar-refractivity contribution in [3.63, 3.8) is 0 Å². The van der Waals surface area contributed by atoms with Crippen molar-refractivity contribution in [3.8, 4) is 11.5 Å². The van der Waals surface area contributed by atoms with Crippen molar-refractivity contribution in [2.24, 2.45) is 0 Å². The third-order valence-electron chi connectivity index (χ3n) is 4.91. The van der Waals surface area contributed by atoms with Gasteiger partial charge in [0.15, 0.2) is 17.3 Å². The van der Waals surface area contributed by atoms with Gasteiger partial charge >= 0.3 is 5.97 Å². The first-order valence-electron chi connectivity index (χ1n) is 10.3. The molecule has 0 aliphatic heterocycles. The quantitative estimate of drug-likeness (QED) is 0.171. The molecule has 0 aliphatic carbocycles. The minimum Gasteiger partial charge on any atom is -0.504 e. The first-order valence-corrected chi connectivity index (χ1v) is 11.9. The molecule has 0 unspecified atom stereocenters. The highest BCUT2D eigenvalue weighted by molar-refractivity contribution is 9.11. The van der Waals surface area contributed by atoms with Crippen molar-refractivity contribution in [3.05, 3.63) is 56.2 Å². The number of ketones is 1. The molecule has 0 amide bonds. The zero-order valence-electron chi connectivity index (χ0n) is 17.5. The van der Waals surface area contributed by atoms with Crippen molar-refractivity contribution in [2.45, 2.75) is 52.4 Å². The number of fused-ring (bicyclic) bond motifs is 1. The zero-order valence-corrected chi connectivity index (χ0v) is 20.6. The number of ether oxygens (including phenoxy) is 1. The summed E-state index contributed by atoms with van der Waals surface area (Å²) in [5.74, 6) is -0.214. The summed E-state index contributed by atoms with van der Waals surface area (Å²) in [5, 5.41) is 11.0. The summed E-state index contributed by atoms with van der Waals surface area (Å²) in [7, 11) is 0. The van der Waals surface area contributed by atoms with Crippen LogP contribution in [0, 0.1) is 0 Å². The predicted octanol–water partition coefficient (Wildman–Crippen LogP) is 7.33. The fourth-order valence-corrected chi connectivity index (χ4v) is 4.63. The largest absolute Gasteiger partial charge is 0.504 e. The molecule has 0 spiro atoms. The van der Waals surface area contributed by atoms with E-state index in [2.05, 4.69) is 38.8 Å². The van der Waals surface area contributed by atoms with Gasteiger partial charge in [0.2, 0.25) is 0 Å². The van der Waals surface area contributed by atoms with E-state index < -0.39 is 5.97 Å². The van der Waals surface area contributed by atoms with Crippen molar-refractivity contribution in [1.82, 2.24) is 0 Å². The molecule has 1 heterocycles. The number of rotatable bonds is 9. The van der Waals surface area contributed by atoms with Crippen LogP contribution in [0.2, 0.25) is 0 Å². The van der Waals surface area contributed by atoms with E-state index in [1.807, 2.05) is 13.0 Å². The highest BCUT2D eigenvalue weighted by atomic mass is 79.9. The SMILES string of the molecule is CCCCC(=O)Oc1cc2oc(CCCC)c(C(=O)c3cc(Br)cc(Br)c3)c2cc1O. The van der Waals surface area contributed by atoms with Crippen molar-refractivity contribution >= 4 is 54.6 Å². The van der Waals surface area contributed by atoms with Gasteiger partial charge in [0.1, 0.15) is 11.3 Å². The molecule has 31 heavy (non-hydrogen) atoms. The molecule has 0 atom stereocenters. The molecule has 0 saturated heterocycles. The maximum Gasteiger partial charge on any atom is 0.311 e. The van der Waals surface area contributed by atoms with Gasteiger partial charge in [0.05, 0.1) is 5.56 Å². The van der Waals surface area contributed by atoms with Crippen molar-refractivity contribution in [2.75, 3.05) is 0 Å². The number of phenolic OH excluding ortho intramolecular Hbond substituents is 1. The van der Waals surface area contributed by atoms with Gasteiger partial charge in [-0.3, -0.25) is 9.59 Å². The molecule has 3 rings (SSSR count). The Bertz CT molecular complexity index is 1100. The second-order valence-electron chi connectivity index (χ2n) is 7.38. The van der Waals surface area contributed by atoms with E-state index in [4.69, 9.17) is 9.15 Å². The molecule has 1 N–H and O–H groups in total. The molecule has 7 heteroatoms. The standard InChI is InChI=1S/C24H24Br2O5/c1-3-5-7-19-23(24(29)14-9-15(25)11-16(26)10-14)17-12-18(27)21(13-20(17)30-19)31-22(28)8-6-4-2/h9-13,27H,3-8H2,1-2H3. The first kappa shape index (κ1) is 23.5. The van der Waals surface area contributed by atoms with E-state index in [0.717, 1.165) is 28.2 Å². The lowest BCUT2D eigenvalue weighted by atomic mass is 9.98. The van der Waals surface area contributed by atoms with Crippen molar-refractivity contribution < 1.29 is 23.8 Å². The number of benzene rings is 2. The number of hydrogen-bond donors (Lipinski definition) is 1. The van der Waals surface area contributed by atoms with E-state index in [1.54, 1.807) is 12.1 Å². The van der Waals surface area contributed by atoms with Crippen LogP contribution in [0.1, 0.15) is 67.6 Å². The van der Waals surface area contributed by atoms with Crippen LogP contribution in [-0.4, -0.2) is 16.9 Å². The second kappa shape index (κ2) is 10.5. The Morgan fingerprint density at radius 1 is 1.00 bits per heavy atom. The number of unbranched alkanes of at least 4 members (excludes halogenated alkanes) is 2. The Hall–Kier alpha value is -2.12. The van der Waals surface area contributed by atoms with Crippen LogP contribution in [0.25, 0.3) is 11.0 Å². The lowest BCUT2D eigenvalue weighted by Gasteiger charge is -2.07. The number of aromatic hydroxyl groups is 1. The van der Waals surface area contributed by atoms with Gasteiger partial charge in [-0.2, -0.15) is 0 Å². The van der Waals surface area contributed by atoms with Crippen LogP contribution in [0.5, 0.6) is 11.5 Å². The number of phenols is 1. The number of carbonyl (C=O) groups is 2. The summed E-state index contributed by atoms with van der Waals surface area (Å²) in [6, 6.07) is 8.28. The van der Waals surface area contributed by atoms with Crippen LogP contribution in [0.3, 0.4) is 0 Å². The molecule has 2 aromatic carbocycles. The summed E-state index contributed by atoms with van der Waals surface area (Å²) in [6.07, 6.45) is 4.25. The smallest absolute Gasteiger partial charge is 0.311 e. The molecule has 5 nitrogen and oxygen atoms in total. The average Bonchev–Trinajstić information content (AvgIpc) is 3.06. The lowest BCUT2D eigenvalue weighted by Crippen LogP contribution is -2.07. The van der Waals surface area contributed by atoms with E-state index in [9.17, 15) is 14.7 Å². The Kier molecular flexibility index (Phi) is 7.94. The summed E-state index contributed by atoms with van der Waals surface area (Å²) >= 11 is 6.84. The maximum atomic E-state index is 13.4. The number of carbonyl (C=O) groups excluding carboxylic acids is 2. The van der Waals surface area contributed by atoms with E-state index in [1.165, 1.54) is 12.1 Å². The minimum atomic E-state index is -0.412. The Balaban J connectivity index is 2.07. The van der Waals surface area contributed by atoms with Gasteiger partial charge in [-0.25, -0.2) is 0 Å². The Labute approximate surface area is 198 Å². The van der Waals surface area contributed by atoms with Gasteiger partial charge in [-0.05, 0) is 37.1 Å². The molecule has 0 fully saturated rings. The van der Waals surface area contributed by atoms with Gasteiger partial charge < -0.3 is 14.3 Å². The van der Waals surface area contributed by atoms with Gasteiger partial charge in [0.25, 0.3) is 0 Å². The van der Waals surface area contributed by atoms with Gasteiger partial charge in [-0.15, -0.1) is 0 Å². The Morgan fingerprint density at radius 2 is 1.68 bits per heavy atom.